The number of allylic oxidation sites excluding steroid dienone is 8. The van der Waals surface area contributed by atoms with Crippen molar-refractivity contribution in [3.8, 4) is 0 Å². The molecule has 378 valence electrons. The van der Waals surface area contributed by atoms with E-state index in [1.165, 1.54) is 154 Å². The van der Waals surface area contributed by atoms with Gasteiger partial charge >= 0.3 is 17.9 Å². The van der Waals surface area contributed by atoms with Crippen molar-refractivity contribution >= 4 is 17.9 Å². The van der Waals surface area contributed by atoms with E-state index in [4.69, 9.17) is 14.2 Å². The summed E-state index contributed by atoms with van der Waals surface area (Å²) in [6, 6.07) is -0.617. The first kappa shape index (κ1) is 62.3. The number of carbonyl (C=O) groups is 3. The van der Waals surface area contributed by atoms with Gasteiger partial charge in [0.1, 0.15) is 6.61 Å². The van der Waals surface area contributed by atoms with Gasteiger partial charge in [-0.2, -0.15) is 0 Å². The smallest absolute Gasteiger partial charge is 0.362 e. The number of hydrogen-bond donors (Lipinski definition) is 1. The summed E-state index contributed by atoms with van der Waals surface area (Å²) in [5, 5.41) is 9.67. The quantitative estimate of drug-likeness (QED) is 0.0281. The molecule has 0 saturated heterocycles. The highest BCUT2D eigenvalue weighted by atomic mass is 16.6. The molecule has 0 bridgehead atoms. The Morgan fingerprint density at radius 1 is 0.477 bits per heavy atom. The number of nitrogens with zero attached hydrogens (tertiary/aromatic N) is 1. The number of esters is 2. The molecule has 65 heavy (non-hydrogen) atoms. The standard InChI is InChI=1S/C57H103NO7/c1-6-8-10-12-14-16-18-20-22-24-26-28-30-31-33-35-37-39-41-43-45-47-55(59)64-52-53(51-63-50-49-54(57(61)62)58(3,4)5)65-56(60)48-46-44-42-40-38-36-34-32-29-27-25-23-21-19-17-15-13-11-9-7-2/h9,11,15,17,21,23,28,30,53-54H,6-8,10,12-14,16,18-20,22,24-27,29,31-52H2,1-5H3/p+1/b11-9+,17-15+,23-21+,30-28+. The van der Waals surface area contributed by atoms with Crippen LogP contribution in [0.2, 0.25) is 0 Å². The van der Waals surface area contributed by atoms with E-state index in [0.29, 0.717) is 19.3 Å². The second-order valence-corrected chi connectivity index (χ2v) is 19.5. The summed E-state index contributed by atoms with van der Waals surface area (Å²) in [6.45, 7) is 4.65. The Morgan fingerprint density at radius 2 is 0.862 bits per heavy atom. The predicted molar refractivity (Wildman–Crippen MR) is 275 cm³/mol. The van der Waals surface area contributed by atoms with Gasteiger partial charge in [0.05, 0.1) is 34.4 Å². The fourth-order valence-corrected chi connectivity index (χ4v) is 8.04. The Kier molecular flexibility index (Phi) is 45.8. The van der Waals surface area contributed by atoms with Gasteiger partial charge in [0.15, 0.2) is 12.1 Å². The maximum absolute atomic E-state index is 12.8. The van der Waals surface area contributed by atoms with Gasteiger partial charge in [0, 0.05) is 19.3 Å². The highest BCUT2D eigenvalue weighted by molar-refractivity contribution is 5.72. The number of aliphatic carboxylic acids is 1. The van der Waals surface area contributed by atoms with Crippen molar-refractivity contribution in [3.63, 3.8) is 0 Å². The normalized spacial score (nSPS) is 13.2. The third-order valence-electron chi connectivity index (χ3n) is 12.2. The molecular weight excluding hydrogens is 811 g/mol. The Morgan fingerprint density at radius 3 is 1.29 bits per heavy atom. The first-order chi connectivity index (χ1) is 31.6. The van der Waals surface area contributed by atoms with Crippen LogP contribution in [0, 0.1) is 0 Å². The topological polar surface area (TPSA) is 99.1 Å². The molecule has 0 fully saturated rings. The first-order valence-electron chi connectivity index (χ1n) is 27.2. The van der Waals surface area contributed by atoms with E-state index in [0.717, 1.165) is 57.8 Å². The van der Waals surface area contributed by atoms with Gasteiger partial charge in [-0.05, 0) is 70.6 Å². The van der Waals surface area contributed by atoms with Gasteiger partial charge in [-0.3, -0.25) is 9.59 Å². The van der Waals surface area contributed by atoms with Crippen LogP contribution in [0.25, 0.3) is 0 Å². The maximum Gasteiger partial charge on any atom is 0.362 e. The van der Waals surface area contributed by atoms with E-state index in [1.54, 1.807) is 0 Å². The molecule has 0 amide bonds. The van der Waals surface area contributed by atoms with E-state index in [1.807, 2.05) is 21.1 Å². The molecule has 0 radical (unpaired) electrons. The Hall–Kier alpha value is -2.71. The lowest BCUT2D eigenvalue weighted by Crippen LogP contribution is -2.50. The van der Waals surface area contributed by atoms with E-state index in [-0.39, 0.29) is 36.2 Å². The van der Waals surface area contributed by atoms with E-state index < -0.39 is 18.1 Å². The number of carboxylic acids is 1. The van der Waals surface area contributed by atoms with Crippen molar-refractivity contribution in [2.45, 2.75) is 257 Å². The maximum atomic E-state index is 12.8. The van der Waals surface area contributed by atoms with Crippen LogP contribution in [0.5, 0.6) is 0 Å². The van der Waals surface area contributed by atoms with Crippen LogP contribution in [-0.2, 0) is 28.6 Å². The average Bonchev–Trinajstić information content (AvgIpc) is 3.27. The number of ether oxygens (including phenoxy) is 3. The molecule has 0 aromatic carbocycles. The van der Waals surface area contributed by atoms with Crippen molar-refractivity contribution in [1.29, 1.82) is 0 Å². The molecule has 2 unspecified atom stereocenters. The predicted octanol–water partition coefficient (Wildman–Crippen LogP) is 15.9. The van der Waals surface area contributed by atoms with Crippen LogP contribution >= 0.6 is 0 Å². The van der Waals surface area contributed by atoms with Crippen LogP contribution in [0.3, 0.4) is 0 Å². The molecule has 0 saturated carbocycles. The molecule has 2 atom stereocenters. The Bertz CT molecular complexity index is 1200. The fraction of sp³-hybridized carbons (Fsp3) is 0.807. The second-order valence-electron chi connectivity index (χ2n) is 19.5. The summed E-state index contributed by atoms with van der Waals surface area (Å²) in [4.78, 5) is 37.2. The number of hydrogen-bond acceptors (Lipinski definition) is 6. The van der Waals surface area contributed by atoms with Gasteiger partial charge in [-0.15, -0.1) is 0 Å². The summed E-state index contributed by atoms with van der Waals surface area (Å²) in [5.74, 6) is -1.47. The molecule has 0 aliphatic carbocycles. The summed E-state index contributed by atoms with van der Waals surface area (Å²) in [5.41, 5.74) is 0. The van der Waals surface area contributed by atoms with Gasteiger partial charge in [0.25, 0.3) is 0 Å². The highest BCUT2D eigenvalue weighted by Gasteiger charge is 2.31. The lowest BCUT2D eigenvalue weighted by molar-refractivity contribution is -0.887. The van der Waals surface area contributed by atoms with Crippen molar-refractivity contribution in [3.05, 3.63) is 48.6 Å². The zero-order valence-corrected chi connectivity index (χ0v) is 43.2. The molecular formula is C57H104NO7+. The van der Waals surface area contributed by atoms with E-state index in [2.05, 4.69) is 62.5 Å². The lowest BCUT2D eigenvalue weighted by atomic mass is 10.0. The fourth-order valence-electron chi connectivity index (χ4n) is 8.04. The van der Waals surface area contributed by atoms with Crippen LogP contribution in [-0.4, -0.2) is 80.6 Å². The van der Waals surface area contributed by atoms with Gasteiger partial charge < -0.3 is 23.8 Å². The van der Waals surface area contributed by atoms with Gasteiger partial charge in [-0.1, -0.05) is 204 Å². The third kappa shape index (κ3) is 46.2. The molecule has 0 aliphatic heterocycles. The summed E-state index contributed by atoms with van der Waals surface area (Å²) >= 11 is 0. The van der Waals surface area contributed by atoms with Crippen molar-refractivity contribution in [2.24, 2.45) is 0 Å². The molecule has 0 spiro atoms. The molecule has 0 heterocycles. The summed E-state index contributed by atoms with van der Waals surface area (Å²) in [6.07, 6.45) is 58.8. The van der Waals surface area contributed by atoms with Crippen LogP contribution in [0.1, 0.15) is 245 Å². The van der Waals surface area contributed by atoms with Crippen LogP contribution < -0.4 is 0 Å². The highest BCUT2D eigenvalue weighted by Crippen LogP contribution is 2.16. The SMILES string of the molecule is CC/C=C/C/C=C/C/C=C/CCCCCCCCCCCCC(=O)OC(COCCC(C(=O)O)[N+](C)(C)C)COC(=O)CCCCCCCCC/C=C/CCCCCCCCCCCC. The first-order valence-corrected chi connectivity index (χ1v) is 27.2. The second kappa shape index (κ2) is 47.8. The van der Waals surface area contributed by atoms with Crippen molar-refractivity contribution in [2.75, 3.05) is 41.0 Å². The zero-order chi connectivity index (χ0) is 47.7. The van der Waals surface area contributed by atoms with Crippen molar-refractivity contribution in [1.82, 2.24) is 0 Å². The number of quaternary nitrogens is 1. The molecule has 0 aromatic heterocycles. The largest absolute Gasteiger partial charge is 0.477 e. The summed E-state index contributed by atoms with van der Waals surface area (Å²) in [7, 11) is 5.54. The van der Waals surface area contributed by atoms with Crippen LogP contribution in [0.4, 0.5) is 0 Å². The molecule has 0 rings (SSSR count). The van der Waals surface area contributed by atoms with E-state index in [9.17, 15) is 19.5 Å². The Balaban J connectivity index is 4.21. The minimum Gasteiger partial charge on any atom is -0.477 e. The Labute approximate surface area is 401 Å². The number of carboxylic acid groups (broad SMARTS) is 1. The minimum atomic E-state index is -0.875. The number of carbonyl (C=O) groups excluding carboxylic acids is 2. The zero-order valence-electron chi connectivity index (χ0n) is 43.2. The van der Waals surface area contributed by atoms with Gasteiger partial charge in [-0.25, -0.2) is 4.79 Å². The molecule has 0 aliphatic rings. The molecule has 1 N–H and O–H groups in total. The van der Waals surface area contributed by atoms with Gasteiger partial charge in [0.2, 0.25) is 0 Å². The number of unbranched alkanes of at least 4 members (excludes halogenated alkanes) is 27. The monoisotopic (exact) mass is 915 g/mol. The molecule has 8 heteroatoms. The lowest BCUT2D eigenvalue weighted by Gasteiger charge is -2.31. The molecule has 0 aromatic rings. The third-order valence-corrected chi connectivity index (χ3v) is 12.2. The van der Waals surface area contributed by atoms with E-state index >= 15 is 0 Å². The van der Waals surface area contributed by atoms with Crippen LogP contribution in [0.15, 0.2) is 48.6 Å². The average molecular weight is 915 g/mol. The number of likely N-dealkylation sites (N-methyl/N-ethyl adjacent to an activating group) is 1. The van der Waals surface area contributed by atoms with Crippen molar-refractivity contribution < 1.29 is 38.2 Å². The summed E-state index contributed by atoms with van der Waals surface area (Å²) < 4.78 is 17.4. The minimum absolute atomic E-state index is 0.0539. The number of rotatable bonds is 49. The molecule has 8 nitrogen and oxygen atoms in total.